The Bertz CT molecular complexity index is 1390. The molecule has 0 fully saturated rings. The number of ether oxygens (including phenoxy) is 1. The van der Waals surface area contributed by atoms with Crippen LogP contribution in [0, 0.1) is 0 Å². The summed E-state index contributed by atoms with van der Waals surface area (Å²) in [6.07, 6.45) is 1.90. The number of ketones is 1. The van der Waals surface area contributed by atoms with Crippen molar-refractivity contribution in [1.29, 1.82) is 0 Å². The third-order valence-corrected chi connectivity index (χ3v) is 6.33. The summed E-state index contributed by atoms with van der Waals surface area (Å²) in [5.74, 6) is 0.661. The number of benzene rings is 4. The molecule has 0 unspecified atom stereocenters. The molecule has 0 N–H and O–H groups in total. The lowest BCUT2D eigenvalue weighted by atomic mass is 10.0. The minimum absolute atomic E-state index is 0.0625. The summed E-state index contributed by atoms with van der Waals surface area (Å²) in [6.45, 7) is 0.453. The Morgan fingerprint density at radius 1 is 0.788 bits per heavy atom. The van der Waals surface area contributed by atoms with Crippen molar-refractivity contribution in [2.75, 3.05) is 0 Å². The minimum atomic E-state index is -0.0625. The van der Waals surface area contributed by atoms with Gasteiger partial charge in [-0.15, -0.1) is 11.3 Å². The van der Waals surface area contributed by atoms with E-state index in [0.29, 0.717) is 22.8 Å². The molecule has 5 rings (SSSR count). The molecule has 160 valence electrons. The molecular weight excluding hydrogens is 426 g/mol. The van der Waals surface area contributed by atoms with Gasteiger partial charge in [-0.25, -0.2) is 4.98 Å². The maximum Gasteiger partial charge on any atom is 0.196 e. The fourth-order valence-corrected chi connectivity index (χ4v) is 4.56. The highest BCUT2D eigenvalue weighted by Gasteiger charge is 2.19. The van der Waals surface area contributed by atoms with E-state index in [1.165, 1.54) is 11.3 Å². The summed E-state index contributed by atoms with van der Waals surface area (Å²) < 4.78 is 7.18. The molecule has 0 amide bonds. The van der Waals surface area contributed by atoms with Crippen LogP contribution in [0.15, 0.2) is 109 Å². The van der Waals surface area contributed by atoms with Crippen LogP contribution < -0.4 is 4.74 Å². The van der Waals surface area contributed by atoms with E-state index < -0.39 is 0 Å². The van der Waals surface area contributed by atoms with Crippen LogP contribution in [0.1, 0.15) is 26.5 Å². The zero-order valence-corrected chi connectivity index (χ0v) is 18.7. The van der Waals surface area contributed by atoms with Crippen molar-refractivity contribution in [2.24, 2.45) is 0 Å². The van der Waals surface area contributed by atoms with Gasteiger partial charge < -0.3 is 4.74 Å². The van der Waals surface area contributed by atoms with Gasteiger partial charge in [0.1, 0.15) is 17.4 Å². The largest absolute Gasteiger partial charge is 0.488 e. The van der Waals surface area contributed by atoms with Crippen molar-refractivity contribution < 1.29 is 9.53 Å². The third kappa shape index (κ3) is 4.76. The van der Waals surface area contributed by atoms with Crippen molar-refractivity contribution in [3.05, 3.63) is 131 Å². The topological polar surface area (TPSA) is 39.2 Å². The first-order chi connectivity index (χ1) is 16.3. The summed E-state index contributed by atoms with van der Waals surface area (Å²) in [4.78, 5) is 18.3. The van der Waals surface area contributed by atoms with Crippen molar-refractivity contribution in [3.8, 4) is 5.75 Å². The average molecular weight is 448 g/mol. The lowest BCUT2D eigenvalue weighted by molar-refractivity contribution is 0.105. The molecule has 4 heteroatoms. The van der Waals surface area contributed by atoms with E-state index in [1.807, 2.05) is 115 Å². The molecule has 1 aromatic heterocycles. The number of Topliss-reactive ketones (excluding diaryl/α,β-unsaturated/α-hetero) is 1. The Morgan fingerprint density at radius 3 is 2.24 bits per heavy atom. The molecule has 0 saturated heterocycles. The molecule has 3 nitrogen and oxygen atoms in total. The fraction of sp³-hybridized carbons (Fsp3) is 0.0345. The van der Waals surface area contributed by atoms with E-state index in [9.17, 15) is 4.79 Å². The Hall–Kier alpha value is -4.02. The van der Waals surface area contributed by atoms with Gasteiger partial charge in [-0.1, -0.05) is 91.0 Å². The lowest BCUT2D eigenvalue weighted by Gasteiger charge is -2.11. The first-order valence-corrected chi connectivity index (χ1v) is 11.5. The highest BCUT2D eigenvalue weighted by atomic mass is 32.1. The molecule has 0 radical (unpaired) electrons. The molecule has 0 spiro atoms. The molecule has 0 bridgehead atoms. The summed E-state index contributed by atoms with van der Waals surface area (Å²) in [5.41, 5.74) is 4.00. The predicted molar refractivity (Wildman–Crippen MR) is 135 cm³/mol. The zero-order valence-electron chi connectivity index (χ0n) is 17.8. The number of hydrogen-bond acceptors (Lipinski definition) is 4. The molecule has 5 aromatic rings. The third-order valence-electron chi connectivity index (χ3n) is 5.26. The van der Waals surface area contributed by atoms with E-state index in [-0.39, 0.29) is 5.78 Å². The first-order valence-electron chi connectivity index (χ1n) is 10.7. The quantitative estimate of drug-likeness (QED) is 0.194. The first kappa shape index (κ1) is 20.9. The standard InChI is InChI=1S/C29H21NO2S/c31-28(22-13-5-2-6-14-22)24(29-30-25-16-8-10-18-27(25)33-29)19-23-15-7-9-17-26(23)32-20-21-11-3-1-4-12-21/h1-19H,20H2. The average Bonchev–Trinajstić information content (AvgIpc) is 3.31. The van der Waals surface area contributed by atoms with Crippen molar-refractivity contribution in [3.63, 3.8) is 0 Å². The predicted octanol–water partition coefficient (Wildman–Crippen LogP) is 7.30. The van der Waals surface area contributed by atoms with Gasteiger partial charge in [0.05, 0.1) is 15.8 Å². The van der Waals surface area contributed by atoms with E-state index in [0.717, 1.165) is 27.1 Å². The Kier molecular flexibility index (Phi) is 6.09. The SMILES string of the molecule is O=C(C(=Cc1ccccc1OCc1ccccc1)c1nc2ccccc2s1)c1ccccc1. The molecule has 0 saturated carbocycles. The fourth-order valence-electron chi connectivity index (χ4n) is 3.58. The van der Waals surface area contributed by atoms with Crippen molar-refractivity contribution in [1.82, 2.24) is 4.98 Å². The molecule has 4 aromatic carbocycles. The molecule has 0 aliphatic heterocycles. The molecule has 33 heavy (non-hydrogen) atoms. The van der Waals surface area contributed by atoms with Crippen LogP contribution in [0.3, 0.4) is 0 Å². The number of nitrogens with zero attached hydrogens (tertiary/aromatic N) is 1. The van der Waals surface area contributed by atoms with Crippen LogP contribution in [0.5, 0.6) is 5.75 Å². The van der Waals surface area contributed by atoms with Gasteiger partial charge in [-0.3, -0.25) is 4.79 Å². The zero-order chi connectivity index (χ0) is 22.5. The van der Waals surface area contributed by atoms with Crippen molar-refractivity contribution >= 4 is 39.0 Å². The van der Waals surface area contributed by atoms with Gasteiger partial charge in [0.2, 0.25) is 0 Å². The Labute approximate surface area is 196 Å². The van der Waals surface area contributed by atoms with Gasteiger partial charge in [0, 0.05) is 11.1 Å². The normalized spacial score (nSPS) is 11.5. The summed E-state index contributed by atoms with van der Waals surface area (Å²) >= 11 is 1.52. The van der Waals surface area contributed by atoms with E-state index in [1.54, 1.807) is 0 Å². The Balaban J connectivity index is 1.57. The van der Waals surface area contributed by atoms with Gasteiger partial charge in [0.25, 0.3) is 0 Å². The number of carbonyl (C=O) groups excluding carboxylic acids is 1. The second-order valence-electron chi connectivity index (χ2n) is 7.55. The van der Waals surface area contributed by atoms with Crippen molar-refractivity contribution in [2.45, 2.75) is 6.61 Å². The van der Waals surface area contributed by atoms with Crippen LogP contribution in [0.2, 0.25) is 0 Å². The molecule has 0 aliphatic carbocycles. The Morgan fingerprint density at radius 2 is 1.45 bits per heavy atom. The number of fused-ring (bicyclic) bond motifs is 1. The van der Waals surface area contributed by atoms with Crippen LogP contribution in [0.4, 0.5) is 0 Å². The van der Waals surface area contributed by atoms with Gasteiger partial charge in [-0.05, 0) is 29.8 Å². The van der Waals surface area contributed by atoms with Gasteiger partial charge >= 0.3 is 0 Å². The molecular formula is C29H21NO2S. The minimum Gasteiger partial charge on any atom is -0.488 e. The van der Waals surface area contributed by atoms with E-state index >= 15 is 0 Å². The number of allylic oxidation sites excluding steroid dienone is 1. The van der Waals surface area contributed by atoms with Gasteiger partial charge in [0.15, 0.2) is 5.78 Å². The lowest BCUT2D eigenvalue weighted by Crippen LogP contribution is -2.03. The maximum atomic E-state index is 13.6. The second kappa shape index (κ2) is 9.63. The molecule has 0 atom stereocenters. The number of rotatable bonds is 7. The van der Waals surface area contributed by atoms with Crippen LogP contribution >= 0.6 is 11.3 Å². The molecule has 0 aliphatic rings. The number of para-hydroxylation sites is 2. The number of carbonyl (C=O) groups is 1. The monoisotopic (exact) mass is 447 g/mol. The number of hydrogen-bond donors (Lipinski definition) is 0. The molecule has 1 heterocycles. The number of aromatic nitrogens is 1. The van der Waals surface area contributed by atoms with Gasteiger partial charge in [-0.2, -0.15) is 0 Å². The van der Waals surface area contributed by atoms with Crippen LogP contribution in [-0.4, -0.2) is 10.8 Å². The van der Waals surface area contributed by atoms with Crippen LogP contribution in [0.25, 0.3) is 21.9 Å². The van der Waals surface area contributed by atoms with Crippen LogP contribution in [-0.2, 0) is 6.61 Å². The smallest absolute Gasteiger partial charge is 0.196 e. The highest BCUT2D eigenvalue weighted by Crippen LogP contribution is 2.32. The number of thiazole rings is 1. The summed E-state index contributed by atoms with van der Waals surface area (Å²) in [6, 6.07) is 35.1. The van der Waals surface area contributed by atoms with E-state index in [4.69, 9.17) is 9.72 Å². The van der Waals surface area contributed by atoms with E-state index in [2.05, 4.69) is 0 Å². The maximum absolute atomic E-state index is 13.6. The summed E-state index contributed by atoms with van der Waals surface area (Å²) in [7, 11) is 0. The second-order valence-corrected chi connectivity index (χ2v) is 8.58. The summed E-state index contributed by atoms with van der Waals surface area (Å²) in [5, 5.41) is 0.697. The highest BCUT2D eigenvalue weighted by molar-refractivity contribution is 7.20.